The zero-order chi connectivity index (χ0) is 33.6. The molecule has 2 heterocycles. The molecule has 1 fully saturated rings. The quantitative estimate of drug-likeness (QED) is 0.130. The van der Waals surface area contributed by atoms with Gasteiger partial charge in [-0.3, -0.25) is 24.1 Å². The number of aromatic nitrogens is 1. The number of carbonyl (C=O) groups is 4. The first-order valence-electron chi connectivity index (χ1n) is 15.4. The number of ether oxygens (including phenoxy) is 1. The number of allylic oxidation sites excluding steroid dienone is 6. The summed E-state index contributed by atoms with van der Waals surface area (Å²) in [5, 5.41) is 10.7. The van der Waals surface area contributed by atoms with Crippen LogP contribution >= 0.6 is 31.9 Å². The number of Topliss-reactive ketones (excluding diaryl/α,β-unsaturated/α-hetero) is 1. The second-order valence-corrected chi connectivity index (χ2v) is 14.0. The molecule has 240 valence electrons. The van der Waals surface area contributed by atoms with Crippen LogP contribution in [0.1, 0.15) is 31.2 Å². The number of fused-ring (bicyclic) bond motifs is 4. The molecule has 3 aliphatic carbocycles. The van der Waals surface area contributed by atoms with Crippen LogP contribution in [-0.4, -0.2) is 40.6 Å². The van der Waals surface area contributed by atoms with Gasteiger partial charge in [-0.2, -0.15) is 0 Å². The minimum absolute atomic E-state index is 0.121. The molecule has 1 N–H and O–H groups in total. The van der Waals surface area contributed by atoms with E-state index in [1.165, 1.54) is 18.1 Å². The van der Waals surface area contributed by atoms with Crippen molar-refractivity contribution in [2.24, 2.45) is 17.8 Å². The van der Waals surface area contributed by atoms with Crippen molar-refractivity contribution in [1.29, 1.82) is 0 Å². The lowest BCUT2D eigenvalue weighted by molar-refractivity contribution is -0.123. The molecular formula is C37H26Br2N2O7. The van der Waals surface area contributed by atoms with Gasteiger partial charge < -0.3 is 14.3 Å². The Balaban J connectivity index is 1.19. The third-order valence-electron chi connectivity index (χ3n) is 9.94. The molecule has 9 nitrogen and oxygen atoms in total. The van der Waals surface area contributed by atoms with E-state index >= 15 is 0 Å². The molecule has 2 amide bonds. The third-order valence-corrected chi connectivity index (χ3v) is 12.1. The number of imide groups is 1. The maximum absolute atomic E-state index is 14.3. The molecule has 0 bridgehead atoms. The van der Waals surface area contributed by atoms with Crippen LogP contribution in [0.2, 0.25) is 0 Å². The summed E-state index contributed by atoms with van der Waals surface area (Å²) < 4.78 is 12.2. The number of halogens is 2. The molecule has 0 spiro atoms. The number of hydrogen-bond acceptors (Lipinski definition) is 8. The highest BCUT2D eigenvalue weighted by Gasteiger charge is 2.57. The molecule has 3 aromatic carbocycles. The van der Waals surface area contributed by atoms with Crippen LogP contribution in [0.5, 0.6) is 11.5 Å². The summed E-state index contributed by atoms with van der Waals surface area (Å²) in [5.74, 6) is -3.27. The van der Waals surface area contributed by atoms with Gasteiger partial charge in [0, 0.05) is 32.7 Å². The van der Waals surface area contributed by atoms with Crippen LogP contribution in [0.25, 0.3) is 22.6 Å². The number of rotatable bonds is 4. The molecule has 0 saturated carbocycles. The zero-order valence-electron chi connectivity index (χ0n) is 25.6. The van der Waals surface area contributed by atoms with E-state index in [4.69, 9.17) is 9.15 Å². The molecule has 8 rings (SSSR count). The Hall–Kier alpha value is -4.61. The van der Waals surface area contributed by atoms with Crippen molar-refractivity contribution in [3.05, 3.63) is 104 Å². The number of phenols is 1. The van der Waals surface area contributed by atoms with E-state index in [-0.39, 0.29) is 41.3 Å². The van der Waals surface area contributed by atoms with Gasteiger partial charge in [-0.1, -0.05) is 23.8 Å². The largest absolute Gasteiger partial charge is 0.503 e. The van der Waals surface area contributed by atoms with Gasteiger partial charge in [0.25, 0.3) is 0 Å². The van der Waals surface area contributed by atoms with Gasteiger partial charge in [0.2, 0.25) is 17.7 Å². The first kappa shape index (κ1) is 30.7. The lowest BCUT2D eigenvalue weighted by Gasteiger charge is -2.42. The molecule has 1 aromatic heterocycles. The Kier molecular flexibility index (Phi) is 7.19. The number of aromatic hydroxyl groups is 1. The predicted molar refractivity (Wildman–Crippen MR) is 183 cm³/mol. The topological polar surface area (TPSA) is 127 Å². The van der Waals surface area contributed by atoms with E-state index < -0.39 is 23.7 Å². The van der Waals surface area contributed by atoms with Gasteiger partial charge in [-0.25, -0.2) is 4.98 Å². The maximum Gasteiger partial charge on any atom is 0.238 e. The summed E-state index contributed by atoms with van der Waals surface area (Å²) in [6, 6.07) is 16.1. The van der Waals surface area contributed by atoms with E-state index in [0.717, 1.165) is 11.1 Å². The number of methoxy groups -OCH3 is 1. The third kappa shape index (κ3) is 4.43. The minimum Gasteiger partial charge on any atom is -0.503 e. The Labute approximate surface area is 291 Å². The van der Waals surface area contributed by atoms with E-state index in [1.54, 1.807) is 37.3 Å². The normalized spacial score (nSPS) is 23.6. The number of hydrogen-bond donors (Lipinski definition) is 1. The molecule has 4 aliphatic rings. The number of oxazole rings is 1. The van der Waals surface area contributed by atoms with Crippen LogP contribution in [0.3, 0.4) is 0 Å². The summed E-state index contributed by atoms with van der Waals surface area (Å²) in [4.78, 5) is 61.4. The maximum atomic E-state index is 14.3. The monoisotopic (exact) mass is 768 g/mol. The summed E-state index contributed by atoms with van der Waals surface area (Å²) in [5.41, 5.74) is 4.94. The number of carbonyl (C=O) groups excluding carboxylic acids is 4. The van der Waals surface area contributed by atoms with Gasteiger partial charge in [-0.05, 0) is 112 Å². The second kappa shape index (κ2) is 11.2. The van der Waals surface area contributed by atoms with Crippen LogP contribution in [0, 0.1) is 17.8 Å². The molecule has 1 saturated heterocycles. The number of amides is 2. The molecular weight excluding hydrogens is 744 g/mol. The van der Waals surface area contributed by atoms with Crippen molar-refractivity contribution in [1.82, 2.24) is 4.98 Å². The summed E-state index contributed by atoms with van der Waals surface area (Å²) >= 11 is 7.04. The van der Waals surface area contributed by atoms with E-state index in [0.29, 0.717) is 60.4 Å². The fraction of sp³-hybridized carbons (Fsp3) is 0.216. The highest BCUT2D eigenvalue weighted by molar-refractivity contribution is 9.13. The lowest BCUT2D eigenvalue weighted by Crippen LogP contribution is -2.40. The number of anilines is 1. The Morgan fingerprint density at radius 3 is 2.46 bits per heavy atom. The average molecular weight is 770 g/mol. The van der Waals surface area contributed by atoms with Gasteiger partial charge in [0.15, 0.2) is 28.6 Å². The molecule has 0 radical (unpaired) electrons. The average Bonchev–Trinajstić information content (AvgIpc) is 3.64. The zero-order valence-corrected chi connectivity index (χ0v) is 28.8. The Morgan fingerprint density at radius 2 is 1.73 bits per heavy atom. The lowest BCUT2D eigenvalue weighted by atomic mass is 9.59. The van der Waals surface area contributed by atoms with Gasteiger partial charge >= 0.3 is 0 Å². The molecule has 4 aromatic rings. The fourth-order valence-electron chi connectivity index (χ4n) is 7.70. The van der Waals surface area contributed by atoms with Crippen LogP contribution in [0.4, 0.5) is 5.69 Å². The standard InChI is InChI=1S/C37H26Br2N2O7/c1-16-13-25(42)22-14-21-19(28(30(22)33(16)43)23-15-27(47-2)34(44)32(39)31(23)38)11-12-20-29(21)37(46)41(36(20)45)18-9-7-17(8-10-18)35-40-24-5-3-4-6-26(24)48-35/h3-11,13,15,20-21,28-29,44H,12,14H2,1-2H3/t20-,21+,28+,29-/m0/s1. The smallest absolute Gasteiger partial charge is 0.238 e. The number of para-hydroxylation sites is 2. The SMILES string of the molecule is COc1cc([C@H]2C3=CC[C@@H]4C(=O)N(c5ccc(-c6nc7ccccc7o6)cc5)C(=O)[C@@H]4[C@@H]3CC3=C2C(=O)C(C)=CC3=O)c(Br)c(Br)c1O. The highest BCUT2D eigenvalue weighted by Crippen LogP contribution is 2.58. The van der Waals surface area contributed by atoms with Crippen molar-refractivity contribution in [2.45, 2.75) is 25.7 Å². The molecule has 48 heavy (non-hydrogen) atoms. The summed E-state index contributed by atoms with van der Waals surface area (Å²) in [7, 11) is 1.43. The molecule has 11 heteroatoms. The van der Waals surface area contributed by atoms with Crippen LogP contribution < -0.4 is 9.64 Å². The number of phenolic OH excluding ortho intramolecular Hbond substituents is 1. The fourth-order valence-corrected chi connectivity index (χ4v) is 8.65. The van der Waals surface area contributed by atoms with Gasteiger partial charge in [0.05, 0.1) is 29.1 Å². The minimum atomic E-state index is -0.734. The Morgan fingerprint density at radius 1 is 0.979 bits per heavy atom. The van der Waals surface area contributed by atoms with E-state index in [1.807, 2.05) is 30.3 Å². The number of benzene rings is 3. The summed E-state index contributed by atoms with van der Waals surface area (Å²) in [6.07, 6.45) is 3.76. The number of ketones is 2. The van der Waals surface area contributed by atoms with Crippen molar-refractivity contribution in [3.8, 4) is 23.0 Å². The first-order chi connectivity index (χ1) is 23.1. The molecule has 0 unspecified atom stereocenters. The van der Waals surface area contributed by atoms with Crippen molar-refractivity contribution in [3.63, 3.8) is 0 Å². The molecule has 1 aliphatic heterocycles. The summed E-state index contributed by atoms with van der Waals surface area (Å²) in [6.45, 7) is 1.62. The van der Waals surface area contributed by atoms with Crippen LogP contribution in [-0.2, 0) is 19.2 Å². The van der Waals surface area contributed by atoms with Crippen molar-refractivity contribution >= 4 is 72.0 Å². The predicted octanol–water partition coefficient (Wildman–Crippen LogP) is 7.37. The van der Waals surface area contributed by atoms with Crippen molar-refractivity contribution in [2.75, 3.05) is 12.0 Å². The van der Waals surface area contributed by atoms with Gasteiger partial charge in [0.1, 0.15) is 5.52 Å². The molecule has 4 atom stereocenters. The Bertz CT molecular complexity index is 2200. The highest BCUT2D eigenvalue weighted by atomic mass is 79.9. The first-order valence-corrected chi connectivity index (χ1v) is 17.0. The van der Waals surface area contributed by atoms with E-state index in [2.05, 4.69) is 36.8 Å². The van der Waals surface area contributed by atoms with Crippen LogP contribution in [0.15, 0.2) is 102 Å². The van der Waals surface area contributed by atoms with Gasteiger partial charge in [-0.15, -0.1) is 0 Å². The van der Waals surface area contributed by atoms with E-state index in [9.17, 15) is 24.3 Å². The van der Waals surface area contributed by atoms with Crippen molar-refractivity contribution < 1.29 is 33.4 Å². The second-order valence-electron chi connectivity index (χ2n) is 12.4. The number of nitrogens with zero attached hydrogens (tertiary/aromatic N) is 2.